The molecule has 0 aliphatic carbocycles. The van der Waals surface area contributed by atoms with Gasteiger partial charge in [0.15, 0.2) is 18.9 Å². The molecule has 0 aromatic rings. The highest BCUT2D eigenvalue weighted by molar-refractivity contribution is 5.73. The third-order valence-electron chi connectivity index (χ3n) is 6.10. The first-order valence-electron chi connectivity index (χ1n) is 11.0. The van der Waals surface area contributed by atoms with Crippen molar-refractivity contribution in [3.8, 4) is 0 Å². The van der Waals surface area contributed by atoms with Gasteiger partial charge in [-0.3, -0.25) is 4.79 Å². The minimum atomic E-state index is -1.85. The second kappa shape index (κ2) is 12.0. The van der Waals surface area contributed by atoms with Gasteiger partial charge in [-0.15, -0.1) is 0 Å². The van der Waals surface area contributed by atoms with Crippen LogP contribution in [0.3, 0.4) is 0 Å². The van der Waals surface area contributed by atoms with E-state index in [1.807, 2.05) is 0 Å². The number of aliphatic hydroxyl groups excluding tert-OH is 9. The molecule has 14 atom stereocenters. The first-order valence-corrected chi connectivity index (χ1v) is 11.0. The van der Waals surface area contributed by atoms with Gasteiger partial charge in [-0.25, -0.2) is 0 Å². The van der Waals surface area contributed by atoms with Crippen molar-refractivity contribution in [3.63, 3.8) is 0 Å². The summed E-state index contributed by atoms with van der Waals surface area (Å²) in [6.45, 7) is -0.817. The van der Waals surface area contributed by atoms with Crippen molar-refractivity contribution in [1.29, 1.82) is 0 Å². The zero-order chi connectivity index (χ0) is 26.0. The first-order chi connectivity index (χ1) is 16.5. The van der Waals surface area contributed by atoms with Crippen molar-refractivity contribution in [1.82, 2.24) is 5.32 Å². The van der Waals surface area contributed by atoms with Crippen LogP contribution < -0.4 is 5.32 Å². The second-order valence-corrected chi connectivity index (χ2v) is 8.62. The maximum atomic E-state index is 11.8. The maximum absolute atomic E-state index is 11.8. The van der Waals surface area contributed by atoms with Gasteiger partial charge < -0.3 is 75.0 Å². The van der Waals surface area contributed by atoms with Crippen molar-refractivity contribution in [2.75, 3.05) is 19.8 Å². The van der Waals surface area contributed by atoms with Crippen molar-refractivity contribution in [2.45, 2.75) is 92.9 Å². The molecule has 204 valence electrons. The molecular weight excluding hydrogens is 482 g/mol. The van der Waals surface area contributed by atoms with E-state index in [0.29, 0.717) is 0 Å². The molecule has 0 aromatic heterocycles. The van der Waals surface area contributed by atoms with E-state index in [-0.39, 0.29) is 0 Å². The molecule has 0 spiro atoms. The Kier molecular flexibility index (Phi) is 9.74. The minimum absolute atomic E-state index is 0.420. The van der Waals surface area contributed by atoms with E-state index < -0.39 is 112 Å². The summed E-state index contributed by atoms with van der Waals surface area (Å²) < 4.78 is 27.3. The van der Waals surface area contributed by atoms with E-state index in [0.717, 1.165) is 6.92 Å². The molecule has 16 heteroatoms. The van der Waals surface area contributed by atoms with Crippen LogP contribution in [0.5, 0.6) is 0 Å². The number of aliphatic hydroxyl groups is 9. The van der Waals surface area contributed by atoms with Crippen LogP contribution in [-0.4, -0.2) is 158 Å². The highest BCUT2D eigenvalue weighted by Crippen LogP contribution is 2.32. The average molecular weight is 515 g/mol. The van der Waals surface area contributed by atoms with Gasteiger partial charge in [0.1, 0.15) is 67.1 Å². The van der Waals surface area contributed by atoms with Gasteiger partial charge in [0.2, 0.25) is 5.91 Å². The van der Waals surface area contributed by atoms with E-state index >= 15 is 0 Å². The Hall–Kier alpha value is -1.09. The van der Waals surface area contributed by atoms with Crippen LogP contribution in [0.1, 0.15) is 6.92 Å². The molecule has 0 radical (unpaired) electrons. The predicted molar refractivity (Wildman–Crippen MR) is 107 cm³/mol. The number of carbonyl (C=O) groups excluding carboxylic acids is 1. The van der Waals surface area contributed by atoms with Crippen LogP contribution in [0.4, 0.5) is 0 Å². The summed E-state index contributed by atoms with van der Waals surface area (Å²) in [7, 11) is 0. The normalized spacial score (nSPS) is 49.0. The highest BCUT2D eigenvalue weighted by Gasteiger charge is 2.53. The molecule has 0 bridgehead atoms. The van der Waals surface area contributed by atoms with Crippen LogP contribution in [-0.2, 0) is 28.5 Å². The largest absolute Gasteiger partial charge is 0.394 e. The van der Waals surface area contributed by atoms with Gasteiger partial charge in [0, 0.05) is 6.92 Å². The monoisotopic (exact) mass is 515 g/mol. The topological polar surface area (TPSA) is 257 Å². The van der Waals surface area contributed by atoms with E-state index in [9.17, 15) is 50.8 Å². The Labute approximate surface area is 199 Å². The van der Waals surface area contributed by atoms with E-state index in [2.05, 4.69) is 5.32 Å². The molecule has 3 rings (SSSR count). The molecule has 3 fully saturated rings. The lowest BCUT2D eigenvalue weighted by atomic mass is 9.94. The predicted octanol–water partition coefficient (Wildman–Crippen LogP) is -6.79. The molecule has 0 saturated carbocycles. The molecule has 1 amide bonds. The molecule has 10 N–H and O–H groups in total. The fourth-order valence-corrected chi connectivity index (χ4v) is 4.17. The molecule has 3 aliphatic heterocycles. The quantitative estimate of drug-likeness (QED) is 0.151. The summed E-state index contributed by atoms with van der Waals surface area (Å²) in [5.41, 5.74) is 0. The molecule has 1 unspecified atom stereocenters. The third kappa shape index (κ3) is 6.08. The number of hydrogen-bond acceptors (Lipinski definition) is 15. The standard InChI is InChI=1S/C19H33NO15/c1-5(23)20-9-16(35-19-14(29)12(27)11(26)7(2-21)33-19)15(8(3-22)32-17(9)30)34-18-13(28)10(25)6(24)4-31-18/h6-19,21-22,24-30H,2-4H2,1H3,(H,20,23)/t6-,7-,8-,9+,10-,11+,12+,13+,14-,15-,16-,17?,18+,19+/m1/s1. The lowest BCUT2D eigenvalue weighted by molar-refractivity contribution is -0.365. The number of hydrogen-bond donors (Lipinski definition) is 10. The molecular formula is C19H33NO15. The van der Waals surface area contributed by atoms with Crippen LogP contribution in [0, 0.1) is 0 Å². The molecule has 0 aromatic carbocycles. The first kappa shape index (κ1) is 28.5. The molecule has 3 saturated heterocycles. The summed E-state index contributed by atoms with van der Waals surface area (Å²) in [5.74, 6) is -0.645. The fraction of sp³-hybridized carbons (Fsp3) is 0.947. The number of rotatable bonds is 7. The summed E-state index contributed by atoms with van der Waals surface area (Å²) in [6.07, 6.45) is -20.9. The number of amides is 1. The van der Waals surface area contributed by atoms with Crippen molar-refractivity contribution < 1.29 is 74.4 Å². The average Bonchev–Trinajstić information content (AvgIpc) is 2.82. The Morgan fingerprint density at radius 3 is 2.00 bits per heavy atom. The fourth-order valence-electron chi connectivity index (χ4n) is 4.17. The summed E-state index contributed by atoms with van der Waals surface area (Å²) in [4.78, 5) is 11.8. The Morgan fingerprint density at radius 2 is 1.40 bits per heavy atom. The van der Waals surface area contributed by atoms with Crippen molar-refractivity contribution in [3.05, 3.63) is 0 Å². The highest BCUT2D eigenvalue weighted by atomic mass is 16.7. The lowest BCUT2D eigenvalue weighted by Gasteiger charge is -2.49. The van der Waals surface area contributed by atoms with E-state index in [1.54, 1.807) is 0 Å². The summed E-state index contributed by atoms with van der Waals surface area (Å²) >= 11 is 0. The van der Waals surface area contributed by atoms with Gasteiger partial charge in [-0.1, -0.05) is 0 Å². The lowest BCUT2D eigenvalue weighted by Crippen LogP contribution is -2.69. The minimum Gasteiger partial charge on any atom is -0.394 e. The Bertz CT molecular complexity index is 699. The molecule has 35 heavy (non-hydrogen) atoms. The molecule has 16 nitrogen and oxygen atoms in total. The smallest absolute Gasteiger partial charge is 0.217 e. The number of carbonyl (C=O) groups is 1. The van der Waals surface area contributed by atoms with Crippen LogP contribution in [0.2, 0.25) is 0 Å². The number of ether oxygens (including phenoxy) is 5. The zero-order valence-corrected chi connectivity index (χ0v) is 18.7. The summed E-state index contributed by atoms with van der Waals surface area (Å²) in [5, 5.41) is 92.5. The van der Waals surface area contributed by atoms with Crippen molar-refractivity contribution >= 4 is 5.91 Å². The van der Waals surface area contributed by atoms with Gasteiger partial charge in [-0.05, 0) is 0 Å². The van der Waals surface area contributed by atoms with Gasteiger partial charge >= 0.3 is 0 Å². The van der Waals surface area contributed by atoms with Crippen molar-refractivity contribution in [2.24, 2.45) is 0 Å². The summed E-state index contributed by atoms with van der Waals surface area (Å²) in [6, 6.07) is -1.41. The van der Waals surface area contributed by atoms with Gasteiger partial charge in [-0.2, -0.15) is 0 Å². The Balaban J connectivity index is 1.90. The van der Waals surface area contributed by atoms with E-state index in [1.165, 1.54) is 0 Å². The number of nitrogens with one attached hydrogen (secondary N) is 1. The SMILES string of the molecule is CC(=O)N[C@@H]1C(O)O[C@H](CO)[C@@H](O[C@@H]2OC[C@@H](O)[C@@H](O)[C@@H]2O)[C@@H]1O[C@@H]1O[C@H](CO)[C@H](O)[C@H](O)[C@H]1O. The van der Waals surface area contributed by atoms with Crippen LogP contribution >= 0.6 is 0 Å². The van der Waals surface area contributed by atoms with E-state index in [4.69, 9.17) is 23.7 Å². The molecule has 3 heterocycles. The van der Waals surface area contributed by atoms with Gasteiger partial charge in [0.05, 0.1) is 19.8 Å². The molecule has 3 aliphatic rings. The zero-order valence-electron chi connectivity index (χ0n) is 18.7. The van der Waals surface area contributed by atoms with Gasteiger partial charge in [0.25, 0.3) is 0 Å². The third-order valence-corrected chi connectivity index (χ3v) is 6.10. The maximum Gasteiger partial charge on any atom is 0.217 e. The second-order valence-electron chi connectivity index (χ2n) is 8.62. The van der Waals surface area contributed by atoms with Crippen LogP contribution in [0.25, 0.3) is 0 Å². The Morgan fingerprint density at radius 1 is 0.800 bits per heavy atom. The van der Waals surface area contributed by atoms with Crippen LogP contribution in [0.15, 0.2) is 0 Å².